The maximum Gasteiger partial charge on any atom is 0.246 e. The highest BCUT2D eigenvalue weighted by Crippen LogP contribution is 2.55. The van der Waals surface area contributed by atoms with E-state index in [4.69, 9.17) is 9.47 Å². The summed E-state index contributed by atoms with van der Waals surface area (Å²) in [7, 11) is 0. The van der Waals surface area contributed by atoms with Gasteiger partial charge in [-0.3, -0.25) is 14.4 Å². The molecule has 8 nitrogen and oxygen atoms in total. The predicted molar refractivity (Wildman–Crippen MR) is 155 cm³/mol. The number of ether oxygens (including phenoxy) is 2. The number of nitrogens with zero attached hydrogens (tertiary/aromatic N) is 1. The van der Waals surface area contributed by atoms with Crippen LogP contribution in [0.5, 0.6) is 5.75 Å². The monoisotopic (exact) mass is 557 g/mol. The van der Waals surface area contributed by atoms with Gasteiger partial charge in [-0.05, 0) is 61.9 Å². The first-order valence-corrected chi connectivity index (χ1v) is 15.0. The lowest BCUT2D eigenvalue weighted by atomic mass is 9.74. The minimum absolute atomic E-state index is 0.0686. The largest absolute Gasteiger partial charge is 0.494 e. The molecule has 6 rings (SSSR count). The molecule has 2 N–H and O–H groups in total. The van der Waals surface area contributed by atoms with Crippen LogP contribution in [0.3, 0.4) is 0 Å². The number of hydrogen-bond acceptors (Lipinski definition) is 5. The molecule has 2 saturated heterocycles. The van der Waals surface area contributed by atoms with Crippen molar-refractivity contribution in [1.82, 2.24) is 10.2 Å². The molecule has 4 aliphatic rings. The first kappa shape index (κ1) is 27.5. The van der Waals surface area contributed by atoms with E-state index in [0.29, 0.717) is 31.2 Å². The van der Waals surface area contributed by atoms with Crippen molar-refractivity contribution >= 4 is 23.4 Å². The summed E-state index contributed by atoms with van der Waals surface area (Å²) >= 11 is 0. The topological polar surface area (TPSA) is 97.0 Å². The average Bonchev–Trinajstić information content (AvgIpc) is 3.62. The fraction of sp³-hybridized carbons (Fsp3) is 0.485. The molecule has 0 aromatic heterocycles. The van der Waals surface area contributed by atoms with Crippen LogP contribution < -0.4 is 15.4 Å². The minimum atomic E-state index is -1.17. The Morgan fingerprint density at radius 3 is 2.54 bits per heavy atom. The SMILES string of the molecule is CCOc1ccc(NC(=O)[C@H]2[C@H]3C=C[C@@]4(O3)[C@H]2C(=O)N(CCc2ccccc2)[C@@H]4C(=O)N[C@H]2CCCC[C@H]2C)cc1. The van der Waals surface area contributed by atoms with Crippen LogP contribution in [0.2, 0.25) is 0 Å². The summed E-state index contributed by atoms with van der Waals surface area (Å²) in [6.07, 6.45) is 8.03. The second kappa shape index (κ2) is 11.3. The Bertz CT molecular complexity index is 1310. The number of carbonyl (C=O) groups excluding carboxylic acids is 3. The van der Waals surface area contributed by atoms with Crippen LogP contribution in [-0.2, 0) is 25.5 Å². The van der Waals surface area contributed by atoms with Gasteiger partial charge in [0, 0.05) is 18.3 Å². The van der Waals surface area contributed by atoms with E-state index in [9.17, 15) is 14.4 Å². The van der Waals surface area contributed by atoms with E-state index in [1.54, 1.807) is 29.2 Å². The van der Waals surface area contributed by atoms with Gasteiger partial charge in [0.1, 0.15) is 17.4 Å². The first-order valence-electron chi connectivity index (χ1n) is 15.0. The molecule has 3 heterocycles. The highest BCUT2D eigenvalue weighted by Gasteiger charge is 2.72. The zero-order chi connectivity index (χ0) is 28.6. The van der Waals surface area contributed by atoms with Crippen molar-refractivity contribution in [2.45, 2.75) is 69.7 Å². The highest BCUT2D eigenvalue weighted by molar-refractivity contribution is 6.02. The van der Waals surface area contributed by atoms with Crippen molar-refractivity contribution in [1.29, 1.82) is 0 Å². The Hall–Kier alpha value is -3.65. The van der Waals surface area contributed by atoms with Crippen LogP contribution in [0.25, 0.3) is 0 Å². The minimum Gasteiger partial charge on any atom is -0.494 e. The van der Waals surface area contributed by atoms with Gasteiger partial charge in [-0.25, -0.2) is 0 Å². The molecule has 7 atom stereocenters. The smallest absolute Gasteiger partial charge is 0.246 e. The van der Waals surface area contributed by atoms with Gasteiger partial charge in [-0.1, -0.05) is 62.2 Å². The maximum atomic E-state index is 14.2. The highest BCUT2D eigenvalue weighted by atomic mass is 16.5. The van der Waals surface area contributed by atoms with Gasteiger partial charge in [0.2, 0.25) is 17.7 Å². The normalized spacial score (nSPS) is 31.7. The molecule has 3 amide bonds. The third kappa shape index (κ3) is 5.03. The lowest BCUT2D eigenvalue weighted by Crippen LogP contribution is -2.57. The molecule has 1 saturated carbocycles. The van der Waals surface area contributed by atoms with Gasteiger partial charge in [0.25, 0.3) is 0 Å². The molecule has 2 aromatic carbocycles. The van der Waals surface area contributed by atoms with Gasteiger partial charge >= 0.3 is 0 Å². The van der Waals surface area contributed by atoms with Gasteiger partial charge < -0.3 is 25.0 Å². The second-order valence-corrected chi connectivity index (χ2v) is 11.8. The zero-order valence-electron chi connectivity index (χ0n) is 23.8. The zero-order valence-corrected chi connectivity index (χ0v) is 23.8. The predicted octanol–water partition coefficient (Wildman–Crippen LogP) is 4.11. The second-order valence-electron chi connectivity index (χ2n) is 11.8. The number of benzene rings is 2. The van der Waals surface area contributed by atoms with Crippen molar-refractivity contribution in [3.8, 4) is 5.75 Å². The molecule has 3 fully saturated rings. The van der Waals surface area contributed by atoms with Crippen molar-refractivity contribution in [3.05, 3.63) is 72.3 Å². The van der Waals surface area contributed by atoms with Crippen LogP contribution >= 0.6 is 0 Å². The van der Waals surface area contributed by atoms with Crippen LogP contribution in [-0.4, -0.2) is 59.6 Å². The van der Waals surface area contributed by atoms with Crippen molar-refractivity contribution in [2.75, 3.05) is 18.5 Å². The van der Waals surface area contributed by atoms with Crippen LogP contribution in [0, 0.1) is 17.8 Å². The molecule has 216 valence electrons. The summed E-state index contributed by atoms with van der Waals surface area (Å²) in [6, 6.07) is 16.4. The van der Waals surface area contributed by atoms with E-state index in [2.05, 4.69) is 17.6 Å². The summed E-state index contributed by atoms with van der Waals surface area (Å²) in [4.78, 5) is 43.6. The Labute approximate surface area is 241 Å². The number of rotatable bonds is 9. The fourth-order valence-corrected chi connectivity index (χ4v) is 7.22. The molecule has 0 unspecified atom stereocenters. The number of nitrogens with one attached hydrogen (secondary N) is 2. The summed E-state index contributed by atoms with van der Waals surface area (Å²) in [5, 5.41) is 6.27. The van der Waals surface area contributed by atoms with Gasteiger partial charge in [0.15, 0.2) is 0 Å². The number of likely N-dealkylation sites (tertiary alicyclic amines) is 1. The first-order chi connectivity index (χ1) is 19.9. The van der Waals surface area contributed by atoms with Crippen molar-refractivity contribution < 1.29 is 23.9 Å². The molecule has 0 radical (unpaired) electrons. The van der Waals surface area contributed by atoms with E-state index in [1.165, 1.54) is 6.42 Å². The molecule has 3 aliphatic heterocycles. The molecular formula is C33H39N3O5. The Balaban J connectivity index is 1.27. The molecule has 8 heteroatoms. The summed E-state index contributed by atoms with van der Waals surface area (Å²) in [5.41, 5.74) is 0.535. The van der Waals surface area contributed by atoms with Gasteiger partial charge in [0.05, 0.1) is 24.5 Å². The average molecular weight is 558 g/mol. The van der Waals surface area contributed by atoms with Crippen molar-refractivity contribution in [2.24, 2.45) is 17.8 Å². The third-order valence-electron chi connectivity index (χ3n) is 9.28. The van der Waals surface area contributed by atoms with E-state index in [1.807, 2.05) is 49.4 Å². The maximum absolute atomic E-state index is 14.2. The number of carbonyl (C=O) groups is 3. The van der Waals surface area contributed by atoms with E-state index >= 15 is 0 Å². The Kier molecular flexibility index (Phi) is 7.60. The Morgan fingerprint density at radius 1 is 1.05 bits per heavy atom. The molecule has 1 aliphatic carbocycles. The number of hydrogen-bond donors (Lipinski definition) is 2. The molecule has 1 spiro atoms. The molecular weight excluding hydrogens is 518 g/mol. The molecule has 2 aromatic rings. The van der Waals surface area contributed by atoms with Gasteiger partial charge in [-0.2, -0.15) is 0 Å². The molecule has 41 heavy (non-hydrogen) atoms. The number of fused-ring (bicyclic) bond motifs is 1. The summed E-state index contributed by atoms with van der Waals surface area (Å²) in [6.45, 7) is 5.02. The van der Waals surface area contributed by atoms with Crippen LogP contribution in [0.4, 0.5) is 5.69 Å². The standard InChI is InChI=1S/C33H39N3O5/c1-3-40-24-15-13-23(14-16-24)34-30(37)27-26-17-19-33(41-26)28(27)32(39)36(20-18-22-10-5-4-6-11-22)29(33)31(38)35-25-12-8-7-9-21(25)2/h4-6,10-11,13-17,19,21,25-29H,3,7-9,12,18,20H2,1-2H3,(H,34,37)(H,35,38)/t21-,25+,26-,27+,28-,29-,33-/m1/s1. The van der Waals surface area contributed by atoms with Crippen molar-refractivity contribution in [3.63, 3.8) is 0 Å². The van der Waals surface area contributed by atoms with E-state index < -0.39 is 29.6 Å². The third-order valence-corrected chi connectivity index (χ3v) is 9.28. The number of anilines is 1. The Morgan fingerprint density at radius 2 is 1.80 bits per heavy atom. The van der Waals surface area contributed by atoms with Crippen LogP contribution in [0.1, 0.15) is 45.1 Å². The molecule has 2 bridgehead atoms. The fourth-order valence-electron chi connectivity index (χ4n) is 7.22. The lowest BCUT2D eigenvalue weighted by Gasteiger charge is -2.36. The van der Waals surface area contributed by atoms with E-state index in [-0.39, 0.29) is 23.8 Å². The quantitative estimate of drug-likeness (QED) is 0.453. The van der Waals surface area contributed by atoms with E-state index in [0.717, 1.165) is 30.6 Å². The summed E-state index contributed by atoms with van der Waals surface area (Å²) in [5.74, 6) is -1.08. The number of amides is 3. The van der Waals surface area contributed by atoms with Gasteiger partial charge in [-0.15, -0.1) is 0 Å². The summed E-state index contributed by atoms with van der Waals surface area (Å²) < 4.78 is 12.0. The lowest BCUT2D eigenvalue weighted by molar-refractivity contribution is -0.141. The van der Waals surface area contributed by atoms with Crippen LogP contribution in [0.15, 0.2) is 66.7 Å².